The van der Waals surface area contributed by atoms with E-state index < -0.39 is 0 Å². The molecular formula is C14H18Cl2N2O. The minimum Gasteiger partial charge on any atom is -0.335 e. The molecule has 1 aromatic rings. The molecule has 0 N–H and O–H groups in total. The Morgan fingerprint density at radius 1 is 1.37 bits per heavy atom. The number of pyridine rings is 1. The SMILES string of the molecule is CC1CC(C)C(C)N(C(=O)c2cc(Cl)ncc2Cl)C1. The van der Waals surface area contributed by atoms with E-state index in [-0.39, 0.29) is 11.9 Å². The van der Waals surface area contributed by atoms with Gasteiger partial charge in [0.1, 0.15) is 5.15 Å². The van der Waals surface area contributed by atoms with Crippen molar-refractivity contribution in [1.29, 1.82) is 0 Å². The van der Waals surface area contributed by atoms with Crippen LogP contribution in [0.2, 0.25) is 10.2 Å². The zero-order valence-corrected chi connectivity index (χ0v) is 12.9. The summed E-state index contributed by atoms with van der Waals surface area (Å²) in [6.45, 7) is 7.21. The van der Waals surface area contributed by atoms with Crippen LogP contribution in [0.5, 0.6) is 0 Å². The van der Waals surface area contributed by atoms with Gasteiger partial charge in [-0.25, -0.2) is 4.98 Å². The molecule has 0 spiro atoms. The number of carbonyl (C=O) groups is 1. The highest BCUT2D eigenvalue weighted by molar-refractivity contribution is 6.35. The summed E-state index contributed by atoms with van der Waals surface area (Å²) in [5.74, 6) is 0.940. The fourth-order valence-corrected chi connectivity index (χ4v) is 3.06. The molecule has 1 aromatic heterocycles. The number of amides is 1. The number of hydrogen-bond donors (Lipinski definition) is 0. The van der Waals surface area contributed by atoms with Crippen LogP contribution in [0.4, 0.5) is 0 Å². The molecule has 19 heavy (non-hydrogen) atoms. The first-order chi connectivity index (χ1) is 8.90. The standard InChI is InChI=1S/C14H18Cl2N2O/c1-8-4-9(2)10(3)18(7-8)14(19)11-5-13(16)17-6-12(11)15/h5-6,8-10H,4,7H2,1-3H3. The molecule has 1 saturated heterocycles. The second kappa shape index (κ2) is 5.68. The molecule has 1 fully saturated rings. The van der Waals surface area contributed by atoms with Crippen molar-refractivity contribution >= 4 is 29.1 Å². The van der Waals surface area contributed by atoms with Crippen LogP contribution in [0, 0.1) is 11.8 Å². The van der Waals surface area contributed by atoms with Crippen molar-refractivity contribution in [3.63, 3.8) is 0 Å². The number of aromatic nitrogens is 1. The van der Waals surface area contributed by atoms with E-state index in [4.69, 9.17) is 23.2 Å². The number of rotatable bonds is 1. The molecule has 1 aliphatic heterocycles. The topological polar surface area (TPSA) is 33.2 Å². The fraction of sp³-hybridized carbons (Fsp3) is 0.571. The Hall–Kier alpha value is -0.800. The quantitative estimate of drug-likeness (QED) is 0.737. The van der Waals surface area contributed by atoms with Crippen LogP contribution in [0.25, 0.3) is 0 Å². The van der Waals surface area contributed by atoms with E-state index in [1.54, 1.807) is 6.07 Å². The Morgan fingerprint density at radius 2 is 2.05 bits per heavy atom. The van der Waals surface area contributed by atoms with Crippen LogP contribution in [0.15, 0.2) is 12.3 Å². The lowest BCUT2D eigenvalue weighted by atomic mass is 9.85. The van der Waals surface area contributed by atoms with Gasteiger partial charge in [-0.15, -0.1) is 0 Å². The monoisotopic (exact) mass is 300 g/mol. The third-order valence-corrected chi connectivity index (χ3v) is 4.42. The van der Waals surface area contributed by atoms with Gasteiger partial charge in [-0.05, 0) is 31.2 Å². The summed E-state index contributed by atoms with van der Waals surface area (Å²) in [5.41, 5.74) is 0.440. The van der Waals surface area contributed by atoms with E-state index in [1.807, 2.05) is 4.90 Å². The summed E-state index contributed by atoms with van der Waals surface area (Å²) in [6, 6.07) is 1.76. The molecule has 0 saturated carbocycles. The second-order valence-electron chi connectivity index (χ2n) is 5.50. The van der Waals surface area contributed by atoms with Crippen molar-refractivity contribution in [3.05, 3.63) is 28.0 Å². The van der Waals surface area contributed by atoms with Crippen LogP contribution in [0.3, 0.4) is 0 Å². The number of likely N-dealkylation sites (tertiary alicyclic amines) is 1. The minimum atomic E-state index is -0.0554. The van der Waals surface area contributed by atoms with Gasteiger partial charge < -0.3 is 4.90 Å². The average molecular weight is 301 g/mol. The lowest BCUT2D eigenvalue weighted by Crippen LogP contribution is -2.48. The summed E-state index contributed by atoms with van der Waals surface area (Å²) in [7, 11) is 0. The Labute approximate surface area is 123 Å². The van der Waals surface area contributed by atoms with E-state index in [9.17, 15) is 4.79 Å². The molecule has 0 bridgehead atoms. The molecule has 3 atom stereocenters. The van der Waals surface area contributed by atoms with Gasteiger partial charge in [0.05, 0.1) is 10.6 Å². The molecule has 5 heteroatoms. The van der Waals surface area contributed by atoms with Gasteiger partial charge in [0, 0.05) is 18.8 Å². The largest absolute Gasteiger partial charge is 0.335 e. The van der Waals surface area contributed by atoms with Crippen molar-refractivity contribution in [2.45, 2.75) is 33.2 Å². The maximum Gasteiger partial charge on any atom is 0.255 e. The van der Waals surface area contributed by atoms with Crippen LogP contribution in [-0.2, 0) is 0 Å². The van der Waals surface area contributed by atoms with Crippen molar-refractivity contribution in [1.82, 2.24) is 9.88 Å². The highest BCUT2D eigenvalue weighted by Gasteiger charge is 2.33. The summed E-state index contributed by atoms with van der Waals surface area (Å²) >= 11 is 11.9. The summed E-state index contributed by atoms with van der Waals surface area (Å²) in [6.07, 6.45) is 2.58. The molecule has 2 rings (SSSR count). The normalized spacial score (nSPS) is 27.4. The Kier molecular flexibility index (Phi) is 4.36. The van der Waals surface area contributed by atoms with Gasteiger partial charge in [0.15, 0.2) is 0 Å². The van der Waals surface area contributed by atoms with Crippen molar-refractivity contribution in [3.8, 4) is 0 Å². The van der Waals surface area contributed by atoms with Crippen molar-refractivity contribution < 1.29 is 4.79 Å². The van der Waals surface area contributed by atoms with Crippen LogP contribution >= 0.6 is 23.2 Å². The molecule has 0 aromatic carbocycles. The Bertz CT molecular complexity index is 492. The smallest absolute Gasteiger partial charge is 0.255 e. The maximum absolute atomic E-state index is 12.6. The van der Waals surface area contributed by atoms with Gasteiger partial charge in [0.25, 0.3) is 5.91 Å². The first kappa shape index (κ1) is 14.6. The molecule has 3 nitrogen and oxygen atoms in total. The maximum atomic E-state index is 12.6. The van der Waals surface area contributed by atoms with E-state index in [0.29, 0.717) is 27.6 Å². The third-order valence-electron chi connectivity index (χ3n) is 3.91. The van der Waals surface area contributed by atoms with E-state index in [0.717, 1.165) is 13.0 Å². The van der Waals surface area contributed by atoms with Crippen molar-refractivity contribution in [2.75, 3.05) is 6.54 Å². The Morgan fingerprint density at radius 3 is 2.74 bits per heavy atom. The zero-order valence-electron chi connectivity index (χ0n) is 11.4. The predicted octanol–water partition coefficient (Wildman–Crippen LogP) is 3.90. The molecular weight excluding hydrogens is 283 g/mol. The van der Waals surface area contributed by atoms with Crippen LogP contribution in [0.1, 0.15) is 37.6 Å². The van der Waals surface area contributed by atoms with E-state index in [1.165, 1.54) is 6.20 Å². The Balaban J connectivity index is 2.30. The predicted molar refractivity (Wildman–Crippen MR) is 77.7 cm³/mol. The highest BCUT2D eigenvalue weighted by atomic mass is 35.5. The van der Waals surface area contributed by atoms with Gasteiger partial charge in [-0.2, -0.15) is 0 Å². The summed E-state index contributed by atoms with van der Waals surface area (Å²) in [5, 5.41) is 0.644. The van der Waals surface area contributed by atoms with Gasteiger partial charge in [-0.1, -0.05) is 37.0 Å². The van der Waals surface area contributed by atoms with Gasteiger partial charge in [-0.3, -0.25) is 4.79 Å². The number of piperidine rings is 1. The van der Waals surface area contributed by atoms with Gasteiger partial charge in [0.2, 0.25) is 0 Å². The van der Waals surface area contributed by atoms with Crippen LogP contribution in [-0.4, -0.2) is 28.4 Å². The molecule has 1 amide bonds. The highest BCUT2D eigenvalue weighted by Crippen LogP contribution is 2.29. The molecule has 3 unspecified atom stereocenters. The first-order valence-electron chi connectivity index (χ1n) is 6.52. The van der Waals surface area contributed by atoms with E-state index in [2.05, 4.69) is 25.8 Å². The molecule has 0 radical (unpaired) electrons. The number of hydrogen-bond acceptors (Lipinski definition) is 2. The molecule has 104 valence electrons. The first-order valence-corrected chi connectivity index (χ1v) is 7.27. The molecule has 2 heterocycles. The lowest BCUT2D eigenvalue weighted by Gasteiger charge is -2.41. The van der Waals surface area contributed by atoms with Crippen LogP contribution < -0.4 is 0 Å². The molecule has 1 aliphatic rings. The summed E-state index contributed by atoms with van der Waals surface area (Å²) in [4.78, 5) is 18.4. The second-order valence-corrected chi connectivity index (χ2v) is 6.30. The minimum absolute atomic E-state index is 0.0554. The molecule has 0 aliphatic carbocycles. The average Bonchev–Trinajstić information content (AvgIpc) is 2.36. The number of nitrogens with zero attached hydrogens (tertiary/aromatic N) is 2. The fourth-order valence-electron chi connectivity index (χ4n) is 2.72. The number of halogens is 2. The summed E-state index contributed by atoms with van der Waals surface area (Å²) < 4.78 is 0. The third kappa shape index (κ3) is 3.03. The van der Waals surface area contributed by atoms with Crippen molar-refractivity contribution in [2.24, 2.45) is 11.8 Å². The van der Waals surface area contributed by atoms with Gasteiger partial charge >= 0.3 is 0 Å². The lowest BCUT2D eigenvalue weighted by molar-refractivity contribution is 0.0456. The van der Waals surface area contributed by atoms with E-state index >= 15 is 0 Å². The number of carbonyl (C=O) groups excluding carboxylic acids is 1. The zero-order chi connectivity index (χ0) is 14.2.